The normalized spacial score (nSPS) is 20.9. The summed E-state index contributed by atoms with van der Waals surface area (Å²) < 4.78 is 19.2. The molecule has 0 fully saturated rings. The van der Waals surface area contributed by atoms with Gasteiger partial charge in [0.2, 0.25) is 0 Å². The van der Waals surface area contributed by atoms with Crippen LogP contribution in [0.4, 0.5) is 4.39 Å². The topological polar surface area (TPSA) is 41.5 Å². The predicted octanol–water partition coefficient (Wildman–Crippen LogP) is 3.94. The Morgan fingerprint density at radius 3 is 2.81 bits per heavy atom. The second-order valence-corrected chi connectivity index (χ2v) is 5.76. The Bertz CT molecular complexity index is 439. The Labute approximate surface area is 126 Å². The van der Waals surface area contributed by atoms with Crippen LogP contribution in [-0.4, -0.2) is 24.1 Å². The fourth-order valence-electron chi connectivity index (χ4n) is 2.74. The lowest BCUT2D eigenvalue weighted by Crippen LogP contribution is -2.45. The van der Waals surface area contributed by atoms with Gasteiger partial charge in [-0.1, -0.05) is 45.1 Å². The number of hydrogen-bond donors (Lipinski definition) is 2. The molecule has 2 rings (SSSR count). The zero-order valence-corrected chi connectivity index (χ0v) is 12.8. The maximum atomic E-state index is 14.0. The van der Waals surface area contributed by atoms with Gasteiger partial charge in [-0.2, -0.15) is 0 Å². The van der Waals surface area contributed by atoms with Gasteiger partial charge >= 0.3 is 0 Å². The number of rotatable bonds is 8. The maximum Gasteiger partial charge on any atom is 0.253 e. The third kappa shape index (κ3) is 4.60. The van der Waals surface area contributed by atoms with E-state index < -0.39 is 6.36 Å². The van der Waals surface area contributed by atoms with Gasteiger partial charge in [0.05, 0.1) is 6.04 Å². The molecule has 1 aliphatic heterocycles. The van der Waals surface area contributed by atoms with E-state index in [4.69, 9.17) is 4.74 Å². The first-order valence-electron chi connectivity index (χ1n) is 8.07. The average Bonchev–Trinajstić information content (AvgIpc) is 2.47. The van der Waals surface area contributed by atoms with Gasteiger partial charge in [-0.15, -0.1) is 0 Å². The van der Waals surface area contributed by atoms with E-state index in [9.17, 15) is 9.50 Å². The van der Waals surface area contributed by atoms with Crippen LogP contribution in [0.5, 0.6) is 11.5 Å². The molecule has 0 aliphatic carbocycles. The van der Waals surface area contributed by atoms with Crippen LogP contribution in [0.15, 0.2) is 18.2 Å². The Hall–Kier alpha value is -1.29. The first-order valence-corrected chi connectivity index (χ1v) is 8.07. The van der Waals surface area contributed by atoms with Gasteiger partial charge in [-0.25, -0.2) is 4.39 Å². The highest BCUT2D eigenvalue weighted by Crippen LogP contribution is 2.34. The van der Waals surface area contributed by atoms with Crippen molar-refractivity contribution in [1.82, 2.24) is 5.32 Å². The molecule has 21 heavy (non-hydrogen) atoms. The van der Waals surface area contributed by atoms with E-state index in [2.05, 4.69) is 12.2 Å². The first-order chi connectivity index (χ1) is 10.2. The molecule has 4 heteroatoms. The van der Waals surface area contributed by atoms with E-state index >= 15 is 0 Å². The molecule has 2 atom stereocenters. The number of alkyl halides is 1. The Balaban J connectivity index is 1.73. The summed E-state index contributed by atoms with van der Waals surface area (Å²) in [5.74, 6) is 0.644. The number of aromatic hydroxyl groups is 1. The van der Waals surface area contributed by atoms with Crippen LogP contribution in [0.2, 0.25) is 0 Å². The molecule has 2 N–H and O–H groups in total. The van der Waals surface area contributed by atoms with E-state index in [1.54, 1.807) is 18.2 Å². The van der Waals surface area contributed by atoms with Crippen LogP contribution in [0.3, 0.4) is 0 Å². The number of benzene rings is 1. The third-order valence-electron chi connectivity index (χ3n) is 4.03. The number of fused-ring (bicyclic) bond motifs is 1. The fourth-order valence-corrected chi connectivity index (χ4v) is 2.74. The van der Waals surface area contributed by atoms with E-state index in [1.165, 1.54) is 32.1 Å². The lowest BCUT2D eigenvalue weighted by molar-refractivity contribution is 0.0170. The van der Waals surface area contributed by atoms with Crippen LogP contribution < -0.4 is 10.1 Å². The number of ether oxygens (including phenoxy) is 1. The third-order valence-corrected chi connectivity index (χ3v) is 4.03. The first kappa shape index (κ1) is 16.1. The standard InChI is InChI=1S/C17H26FNO2/c1-2-3-4-5-6-7-11-19-14-12-13-15(20)9-8-10-16(13)21-17(14)18/h8-10,14,17,19-20H,2-7,11-12H2,1H3. The maximum absolute atomic E-state index is 14.0. The van der Waals surface area contributed by atoms with Crippen LogP contribution in [0, 0.1) is 0 Å². The summed E-state index contributed by atoms with van der Waals surface area (Å²) in [5, 5.41) is 13.0. The molecule has 118 valence electrons. The van der Waals surface area contributed by atoms with E-state index in [0.717, 1.165) is 13.0 Å². The molecule has 0 bridgehead atoms. The number of nitrogens with one attached hydrogen (secondary N) is 1. The van der Waals surface area contributed by atoms with E-state index in [-0.39, 0.29) is 11.8 Å². The largest absolute Gasteiger partial charge is 0.508 e. The highest BCUT2D eigenvalue weighted by Gasteiger charge is 2.30. The van der Waals surface area contributed by atoms with Crippen LogP contribution in [-0.2, 0) is 6.42 Å². The summed E-state index contributed by atoms with van der Waals surface area (Å²) >= 11 is 0. The lowest BCUT2D eigenvalue weighted by atomic mass is 10.0. The van der Waals surface area contributed by atoms with Crippen molar-refractivity contribution in [2.24, 2.45) is 0 Å². The van der Waals surface area contributed by atoms with Gasteiger partial charge in [0.1, 0.15) is 11.5 Å². The molecule has 1 heterocycles. The lowest BCUT2D eigenvalue weighted by Gasteiger charge is -2.29. The molecule has 3 nitrogen and oxygen atoms in total. The van der Waals surface area contributed by atoms with Crippen molar-refractivity contribution >= 4 is 0 Å². The van der Waals surface area contributed by atoms with Crippen molar-refractivity contribution in [3.63, 3.8) is 0 Å². The molecule has 0 spiro atoms. The van der Waals surface area contributed by atoms with Gasteiger partial charge < -0.3 is 15.2 Å². The molecule has 1 aromatic carbocycles. The fraction of sp³-hybridized carbons (Fsp3) is 0.647. The van der Waals surface area contributed by atoms with Gasteiger partial charge in [0.15, 0.2) is 0 Å². The number of unbranched alkanes of at least 4 members (excludes halogenated alkanes) is 5. The number of hydrogen-bond acceptors (Lipinski definition) is 3. The van der Waals surface area contributed by atoms with E-state index in [0.29, 0.717) is 17.7 Å². The van der Waals surface area contributed by atoms with Crippen molar-refractivity contribution in [3.8, 4) is 11.5 Å². The minimum atomic E-state index is -1.35. The van der Waals surface area contributed by atoms with Gasteiger partial charge in [-0.3, -0.25) is 0 Å². The van der Waals surface area contributed by atoms with Gasteiger partial charge in [0, 0.05) is 12.0 Å². The van der Waals surface area contributed by atoms with Crippen molar-refractivity contribution in [2.75, 3.05) is 6.54 Å². The highest BCUT2D eigenvalue weighted by atomic mass is 19.1. The molecule has 0 aromatic heterocycles. The molecule has 2 unspecified atom stereocenters. The van der Waals surface area contributed by atoms with Crippen molar-refractivity contribution in [3.05, 3.63) is 23.8 Å². The summed E-state index contributed by atoms with van der Waals surface area (Å²) in [6, 6.07) is 4.61. The smallest absolute Gasteiger partial charge is 0.253 e. The van der Waals surface area contributed by atoms with Gasteiger partial charge in [0.25, 0.3) is 6.36 Å². The molecule has 0 amide bonds. The monoisotopic (exact) mass is 295 g/mol. The second-order valence-electron chi connectivity index (χ2n) is 5.76. The van der Waals surface area contributed by atoms with Gasteiger partial charge in [-0.05, 0) is 25.1 Å². The zero-order chi connectivity index (χ0) is 15.1. The average molecular weight is 295 g/mol. The van der Waals surface area contributed by atoms with Crippen LogP contribution in [0.1, 0.15) is 51.0 Å². The highest BCUT2D eigenvalue weighted by molar-refractivity contribution is 5.45. The minimum absolute atomic E-state index is 0.186. The molecule has 0 radical (unpaired) electrons. The molecule has 1 aromatic rings. The summed E-state index contributed by atoms with van der Waals surface area (Å²) in [4.78, 5) is 0. The number of phenolic OH excluding ortho intramolecular Hbond substituents is 1. The quantitative estimate of drug-likeness (QED) is 0.714. The molecule has 0 saturated carbocycles. The Kier molecular flexibility index (Phi) is 6.30. The van der Waals surface area contributed by atoms with Crippen molar-refractivity contribution in [2.45, 2.75) is 64.3 Å². The van der Waals surface area contributed by atoms with E-state index in [1.807, 2.05) is 0 Å². The Morgan fingerprint density at radius 1 is 1.24 bits per heavy atom. The predicted molar refractivity (Wildman–Crippen MR) is 82.5 cm³/mol. The zero-order valence-electron chi connectivity index (χ0n) is 12.8. The summed E-state index contributed by atoms with van der Waals surface area (Å²) in [6.45, 7) is 3.00. The minimum Gasteiger partial charge on any atom is -0.508 e. The molecular formula is C17H26FNO2. The molecular weight excluding hydrogens is 269 g/mol. The number of phenols is 1. The van der Waals surface area contributed by atoms with Crippen molar-refractivity contribution < 1.29 is 14.2 Å². The summed E-state index contributed by atoms with van der Waals surface area (Å²) in [5.41, 5.74) is 0.701. The molecule has 0 saturated heterocycles. The second kappa shape index (κ2) is 8.23. The SMILES string of the molecule is CCCCCCCCNC1Cc2c(O)cccc2OC1F. The summed E-state index contributed by atoms with van der Waals surface area (Å²) in [6.07, 6.45) is 6.45. The summed E-state index contributed by atoms with van der Waals surface area (Å²) in [7, 11) is 0. The number of halogens is 1. The Morgan fingerprint density at radius 2 is 2.00 bits per heavy atom. The van der Waals surface area contributed by atoms with Crippen LogP contribution in [0.25, 0.3) is 0 Å². The molecule has 1 aliphatic rings. The van der Waals surface area contributed by atoms with Crippen molar-refractivity contribution in [1.29, 1.82) is 0 Å². The van der Waals surface area contributed by atoms with Crippen LogP contribution >= 0.6 is 0 Å².